The number of halogens is 3. The Morgan fingerprint density at radius 1 is 1.12 bits per heavy atom. The third-order valence-corrected chi connectivity index (χ3v) is 4.69. The summed E-state index contributed by atoms with van der Waals surface area (Å²) in [6, 6.07) is 0. The van der Waals surface area contributed by atoms with Crippen molar-refractivity contribution in [3.05, 3.63) is 0 Å². The van der Waals surface area contributed by atoms with Gasteiger partial charge in [0.05, 0.1) is 0 Å². The minimum absolute atomic E-state index is 1.19. The van der Waals surface area contributed by atoms with Gasteiger partial charge in [-0.15, -0.1) is 4.89 Å². The van der Waals surface area contributed by atoms with Crippen LogP contribution < -0.4 is 0 Å². The van der Waals surface area contributed by atoms with Crippen LogP contribution >= 0.6 is 7.23 Å². The summed E-state index contributed by atoms with van der Waals surface area (Å²) in [7, 11) is -10.1. The van der Waals surface area contributed by atoms with Gasteiger partial charge >= 0.3 is 22.2 Å². The van der Waals surface area contributed by atoms with E-state index >= 15 is 0 Å². The molecule has 0 bridgehead atoms. The second-order valence-electron chi connectivity index (χ2n) is 2.78. The van der Waals surface area contributed by atoms with Gasteiger partial charge in [0.15, 0.2) is 0 Å². The lowest BCUT2D eigenvalue weighted by Gasteiger charge is -2.13. The summed E-state index contributed by atoms with van der Waals surface area (Å²) >= 11 is 0. The maximum Gasteiger partial charge on any atom is 0.647 e. The van der Waals surface area contributed by atoms with E-state index in [4.69, 9.17) is 4.89 Å². The molecule has 0 rings (SSSR count). The van der Waals surface area contributed by atoms with E-state index in [9.17, 15) is 26.2 Å². The van der Waals surface area contributed by atoms with Crippen LogP contribution in [0.1, 0.15) is 20.8 Å². The van der Waals surface area contributed by atoms with Crippen LogP contribution in [-0.4, -0.2) is 43.4 Å². The molecule has 1 atom stereocenters. The summed E-state index contributed by atoms with van der Waals surface area (Å²) in [6.45, 7) is 10.1. The maximum absolute atomic E-state index is 11.2. The average molecular weight is 298 g/mol. The molecule has 10 heteroatoms. The van der Waals surface area contributed by atoms with E-state index in [-0.39, 0.29) is 0 Å². The SMILES string of the molecule is CCN(CC)CC.O=[P+](O)S(=O)(=O)C(F)(F)F. The van der Waals surface area contributed by atoms with Crippen LogP contribution in [0.4, 0.5) is 13.2 Å². The van der Waals surface area contributed by atoms with Gasteiger partial charge in [0, 0.05) is 0 Å². The highest BCUT2D eigenvalue weighted by Crippen LogP contribution is 2.38. The van der Waals surface area contributed by atoms with E-state index in [0.29, 0.717) is 0 Å². The van der Waals surface area contributed by atoms with Crippen molar-refractivity contribution >= 4 is 16.7 Å². The van der Waals surface area contributed by atoms with Crippen molar-refractivity contribution in [3.8, 4) is 0 Å². The number of nitrogens with zero attached hydrogens (tertiary/aromatic N) is 1. The molecule has 1 N–H and O–H groups in total. The van der Waals surface area contributed by atoms with Gasteiger partial charge in [0.2, 0.25) is 0 Å². The molecule has 0 amide bonds. The maximum atomic E-state index is 11.2. The van der Waals surface area contributed by atoms with Gasteiger partial charge in [0.1, 0.15) is 0 Å². The largest absolute Gasteiger partial charge is 0.647 e. The molecule has 0 saturated carbocycles. The molecule has 0 aromatic heterocycles. The van der Waals surface area contributed by atoms with Crippen LogP contribution in [0.25, 0.3) is 0 Å². The van der Waals surface area contributed by atoms with Crippen LogP contribution in [0.15, 0.2) is 0 Å². The highest BCUT2D eigenvalue weighted by atomic mass is 32.8. The number of hydrogen-bond donors (Lipinski definition) is 1. The van der Waals surface area contributed by atoms with Gasteiger partial charge in [-0.05, 0) is 24.2 Å². The molecule has 0 fully saturated rings. The summed E-state index contributed by atoms with van der Waals surface area (Å²) in [4.78, 5) is 9.99. The zero-order chi connectivity index (χ0) is 14.3. The molecule has 0 aliphatic carbocycles. The van der Waals surface area contributed by atoms with Crippen LogP contribution in [0.2, 0.25) is 0 Å². The van der Waals surface area contributed by atoms with Gasteiger partial charge < -0.3 is 4.90 Å². The zero-order valence-electron chi connectivity index (χ0n) is 9.73. The summed E-state index contributed by atoms with van der Waals surface area (Å²) in [6.07, 6.45) is 0. The second kappa shape index (κ2) is 7.97. The predicted molar refractivity (Wildman–Crippen MR) is 58.3 cm³/mol. The third kappa shape index (κ3) is 6.92. The Labute approximate surface area is 99.2 Å². The van der Waals surface area contributed by atoms with Crippen molar-refractivity contribution in [2.24, 2.45) is 0 Å². The quantitative estimate of drug-likeness (QED) is 0.803. The van der Waals surface area contributed by atoms with E-state index in [1.807, 2.05) is 0 Å². The van der Waals surface area contributed by atoms with Gasteiger partial charge in [-0.3, -0.25) is 0 Å². The average Bonchev–Trinajstić information content (AvgIpc) is 2.19. The normalized spacial score (nSPS) is 13.1. The first kappa shape index (κ1) is 19.1. The summed E-state index contributed by atoms with van der Waals surface area (Å²) in [5, 5.41) is 0. The molecular weight excluding hydrogens is 282 g/mol. The Morgan fingerprint density at radius 2 is 1.41 bits per heavy atom. The van der Waals surface area contributed by atoms with Gasteiger partial charge in [-0.1, -0.05) is 20.8 Å². The molecule has 1 unspecified atom stereocenters. The Kier molecular flexibility index (Phi) is 8.95. The van der Waals surface area contributed by atoms with Crippen LogP contribution in [0.3, 0.4) is 0 Å². The molecule has 104 valence electrons. The van der Waals surface area contributed by atoms with Crippen molar-refractivity contribution in [1.29, 1.82) is 0 Å². The van der Waals surface area contributed by atoms with Gasteiger partial charge in [-0.2, -0.15) is 21.6 Å². The lowest BCUT2D eigenvalue weighted by atomic mass is 10.5. The number of hydrogen-bond acceptors (Lipinski definition) is 4. The van der Waals surface area contributed by atoms with Crippen molar-refractivity contribution in [1.82, 2.24) is 4.90 Å². The summed E-state index contributed by atoms with van der Waals surface area (Å²) in [5.74, 6) is 0. The standard InChI is InChI=1S/C6H15N.CF3O4PS/c1-4-7(5-2)6-3;2-1(3,4)10(7,8)9(5)6/h4-6H2,1-3H3;/p+1. The molecule has 0 saturated heterocycles. The first-order valence-electron chi connectivity index (χ1n) is 4.74. The van der Waals surface area contributed by atoms with Crippen LogP contribution in [0.5, 0.6) is 0 Å². The highest BCUT2D eigenvalue weighted by molar-refractivity contribution is 8.44. The second-order valence-corrected chi connectivity index (χ2v) is 7.05. The lowest BCUT2D eigenvalue weighted by Crippen LogP contribution is -2.21. The lowest BCUT2D eigenvalue weighted by molar-refractivity contribution is -0.0414. The van der Waals surface area contributed by atoms with E-state index in [1.54, 1.807) is 0 Å². The first-order chi connectivity index (χ1) is 7.54. The molecule has 0 heterocycles. The Morgan fingerprint density at radius 3 is 1.41 bits per heavy atom. The third-order valence-electron chi connectivity index (χ3n) is 1.84. The van der Waals surface area contributed by atoms with Crippen molar-refractivity contribution in [3.63, 3.8) is 0 Å². The Balaban J connectivity index is 0. The molecule has 17 heavy (non-hydrogen) atoms. The Bertz CT molecular complexity index is 321. The summed E-state index contributed by atoms with van der Waals surface area (Å²) < 4.78 is 62.4. The minimum atomic E-state index is -5.85. The van der Waals surface area contributed by atoms with E-state index in [2.05, 4.69) is 25.7 Å². The fourth-order valence-electron chi connectivity index (χ4n) is 0.759. The summed E-state index contributed by atoms with van der Waals surface area (Å²) in [5.41, 5.74) is -5.64. The highest BCUT2D eigenvalue weighted by Gasteiger charge is 2.60. The van der Waals surface area contributed by atoms with Gasteiger partial charge in [-0.25, -0.2) is 0 Å². The molecule has 0 aliphatic heterocycles. The molecule has 0 aliphatic rings. The van der Waals surface area contributed by atoms with Crippen molar-refractivity contribution < 1.29 is 31.0 Å². The molecule has 5 nitrogen and oxygen atoms in total. The van der Waals surface area contributed by atoms with E-state index in [0.717, 1.165) is 0 Å². The zero-order valence-corrected chi connectivity index (χ0v) is 11.4. The number of rotatable bonds is 4. The smallest absolute Gasteiger partial charge is 0.304 e. The molecular formula is C7H16F3NO4PS+. The molecule has 0 aromatic carbocycles. The van der Waals surface area contributed by atoms with Crippen LogP contribution in [-0.2, 0) is 14.0 Å². The first-order valence-corrected chi connectivity index (χ1v) is 8.04. The van der Waals surface area contributed by atoms with Gasteiger partial charge in [0.25, 0.3) is 0 Å². The molecule has 0 aromatic rings. The fraction of sp³-hybridized carbons (Fsp3) is 1.00. The van der Waals surface area contributed by atoms with Crippen molar-refractivity contribution in [2.45, 2.75) is 26.3 Å². The van der Waals surface area contributed by atoms with Crippen LogP contribution in [0, 0.1) is 0 Å². The van der Waals surface area contributed by atoms with E-state index in [1.165, 1.54) is 19.6 Å². The monoisotopic (exact) mass is 298 g/mol. The molecule has 0 spiro atoms. The fourth-order valence-corrected chi connectivity index (χ4v) is 1.47. The minimum Gasteiger partial charge on any atom is -0.304 e. The topological polar surface area (TPSA) is 74.7 Å². The Hall–Kier alpha value is -0.240. The molecule has 0 radical (unpaired) electrons. The predicted octanol–water partition coefficient (Wildman–Crippen LogP) is 1.92. The van der Waals surface area contributed by atoms with E-state index < -0.39 is 22.2 Å². The van der Waals surface area contributed by atoms with Crippen molar-refractivity contribution in [2.75, 3.05) is 19.6 Å². The number of alkyl halides is 3.